The number of amides is 1. The lowest BCUT2D eigenvalue weighted by Gasteiger charge is -2.06. The van der Waals surface area contributed by atoms with E-state index < -0.39 is 0 Å². The van der Waals surface area contributed by atoms with E-state index in [1.54, 1.807) is 29.8 Å². The molecule has 120 valence electrons. The van der Waals surface area contributed by atoms with Crippen LogP contribution in [0.3, 0.4) is 0 Å². The van der Waals surface area contributed by atoms with E-state index in [1.165, 1.54) is 16.2 Å². The van der Waals surface area contributed by atoms with Gasteiger partial charge in [-0.05, 0) is 24.4 Å². The molecule has 4 aromatic rings. The Morgan fingerprint density at radius 2 is 2.25 bits per heavy atom. The van der Waals surface area contributed by atoms with Crippen molar-refractivity contribution < 1.29 is 4.79 Å². The molecule has 0 saturated carbocycles. The van der Waals surface area contributed by atoms with Gasteiger partial charge < -0.3 is 0 Å². The third-order valence-corrected chi connectivity index (χ3v) is 5.07. The number of hydrogen-bond acceptors (Lipinski definition) is 6. The van der Waals surface area contributed by atoms with E-state index >= 15 is 0 Å². The number of thiophene rings is 1. The molecule has 0 aliphatic heterocycles. The molecule has 4 aromatic heterocycles. The first kappa shape index (κ1) is 15.0. The van der Waals surface area contributed by atoms with Gasteiger partial charge in [-0.25, -0.2) is 14.6 Å². The molecule has 0 unspecified atom stereocenters. The van der Waals surface area contributed by atoms with Crippen LogP contribution in [0.5, 0.6) is 0 Å². The molecule has 0 atom stereocenters. The minimum Gasteiger partial charge on any atom is -0.298 e. The summed E-state index contributed by atoms with van der Waals surface area (Å²) in [6, 6.07) is 5.85. The fourth-order valence-electron chi connectivity index (χ4n) is 2.48. The maximum Gasteiger partial charge on any atom is 0.258 e. The Hall–Kier alpha value is -2.58. The molecule has 8 heteroatoms. The molecule has 1 N–H and O–H groups in total. The van der Waals surface area contributed by atoms with Crippen LogP contribution in [0.1, 0.15) is 20.9 Å². The van der Waals surface area contributed by atoms with Crippen LogP contribution >= 0.6 is 22.7 Å². The van der Waals surface area contributed by atoms with Gasteiger partial charge in [-0.3, -0.25) is 10.1 Å². The highest BCUT2D eigenvalue weighted by molar-refractivity contribution is 7.13. The lowest BCUT2D eigenvalue weighted by Crippen LogP contribution is -2.13. The minimum absolute atomic E-state index is 0.198. The summed E-state index contributed by atoms with van der Waals surface area (Å²) in [6.45, 7) is 2.52. The smallest absolute Gasteiger partial charge is 0.258 e. The molecule has 4 heterocycles. The van der Waals surface area contributed by atoms with Crippen LogP contribution in [0.15, 0.2) is 41.4 Å². The Balaban J connectivity index is 1.73. The number of nitrogens with zero attached hydrogens (tertiary/aromatic N) is 4. The summed E-state index contributed by atoms with van der Waals surface area (Å²) in [6.07, 6.45) is 3.36. The molecule has 24 heavy (non-hydrogen) atoms. The molecule has 0 saturated heterocycles. The largest absolute Gasteiger partial charge is 0.298 e. The van der Waals surface area contributed by atoms with Gasteiger partial charge in [0.1, 0.15) is 0 Å². The Morgan fingerprint density at radius 1 is 1.33 bits per heavy atom. The first-order valence-corrected chi connectivity index (χ1v) is 9.03. The van der Waals surface area contributed by atoms with Gasteiger partial charge in [0.2, 0.25) is 0 Å². The second kappa shape index (κ2) is 6.14. The third kappa shape index (κ3) is 2.81. The number of rotatable bonds is 4. The highest BCUT2D eigenvalue weighted by Gasteiger charge is 2.17. The zero-order valence-corrected chi connectivity index (χ0v) is 14.4. The number of thiazole rings is 1. The number of carbonyl (C=O) groups excluding carboxylic acids is 1. The van der Waals surface area contributed by atoms with E-state index in [4.69, 9.17) is 0 Å². The number of fused-ring (bicyclic) bond motifs is 1. The molecule has 0 radical (unpaired) electrons. The predicted molar refractivity (Wildman–Crippen MR) is 95.8 cm³/mol. The maximum absolute atomic E-state index is 12.6. The van der Waals surface area contributed by atoms with Crippen LogP contribution in [0, 0.1) is 6.92 Å². The van der Waals surface area contributed by atoms with Crippen LogP contribution in [0.2, 0.25) is 0 Å². The predicted octanol–water partition coefficient (Wildman–Crippen LogP) is 3.56. The Labute approximate surface area is 145 Å². The molecule has 0 spiro atoms. The van der Waals surface area contributed by atoms with E-state index in [0.29, 0.717) is 22.9 Å². The number of aryl methyl sites for hydroxylation is 1. The summed E-state index contributed by atoms with van der Waals surface area (Å²) < 4.78 is 1.83. The molecule has 0 aromatic carbocycles. The van der Waals surface area contributed by atoms with Crippen molar-refractivity contribution in [3.63, 3.8) is 0 Å². The van der Waals surface area contributed by atoms with Crippen molar-refractivity contribution in [3.05, 3.63) is 57.5 Å². The fraction of sp³-hybridized carbons (Fsp3) is 0.125. The number of nitrogens with one attached hydrogen (secondary N) is 1. The number of anilines is 1. The van der Waals surface area contributed by atoms with Crippen molar-refractivity contribution in [1.82, 2.24) is 19.7 Å². The molecule has 6 nitrogen and oxygen atoms in total. The quantitative estimate of drug-likeness (QED) is 0.607. The summed E-state index contributed by atoms with van der Waals surface area (Å²) in [5.41, 5.74) is 2.05. The SMILES string of the molecule is Cc1cc(C(=O)Nc2nccs2)c2cnn(Cc3cccs3)c2n1. The van der Waals surface area contributed by atoms with E-state index in [9.17, 15) is 4.79 Å². The summed E-state index contributed by atoms with van der Waals surface area (Å²) in [5, 5.41) is 12.4. The lowest BCUT2D eigenvalue weighted by atomic mass is 10.1. The topological polar surface area (TPSA) is 72.7 Å². The molecule has 0 aliphatic carbocycles. The summed E-state index contributed by atoms with van der Waals surface area (Å²) in [4.78, 5) is 22.4. The van der Waals surface area contributed by atoms with Crippen molar-refractivity contribution >= 4 is 44.7 Å². The second-order valence-electron chi connectivity index (χ2n) is 5.22. The van der Waals surface area contributed by atoms with Crippen molar-refractivity contribution in [2.24, 2.45) is 0 Å². The van der Waals surface area contributed by atoms with Gasteiger partial charge in [0.25, 0.3) is 5.91 Å². The Bertz CT molecular complexity index is 989. The highest BCUT2D eigenvalue weighted by atomic mass is 32.1. The average molecular weight is 355 g/mol. The maximum atomic E-state index is 12.6. The monoisotopic (exact) mass is 355 g/mol. The average Bonchev–Trinajstić information content (AvgIpc) is 3.30. The zero-order chi connectivity index (χ0) is 16.5. The van der Waals surface area contributed by atoms with E-state index in [2.05, 4.69) is 26.4 Å². The molecule has 4 rings (SSSR count). The first-order chi connectivity index (χ1) is 11.7. The van der Waals surface area contributed by atoms with Gasteiger partial charge in [0, 0.05) is 22.1 Å². The minimum atomic E-state index is -0.198. The van der Waals surface area contributed by atoms with E-state index in [0.717, 1.165) is 11.1 Å². The van der Waals surface area contributed by atoms with Crippen molar-refractivity contribution in [1.29, 1.82) is 0 Å². The van der Waals surface area contributed by atoms with Crippen molar-refractivity contribution in [2.75, 3.05) is 5.32 Å². The Kier molecular flexibility index (Phi) is 3.83. The zero-order valence-electron chi connectivity index (χ0n) is 12.8. The molecule has 0 bridgehead atoms. The van der Waals surface area contributed by atoms with Crippen LogP contribution in [0.25, 0.3) is 11.0 Å². The summed E-state index contributed by atoms with van der Waals surface area (Å²) in [7, 11) is 0. The van der Waals surface area contributed by atoms with E-state index in [1.807, 2.05) is 28.4 Å². The lowest BCUT2D eigenvalue weighted by molar-refractivity contribution is 0.102. The number of hydrogen-bond donors (Lipinski definition) is 1. The second-order valence-corrected chi connectivity index (χ2v) is 7.15. The highest BCUT2D eigenvalue weighted by Crippen LogP contribution is 2.22. The summed E-state index contributed by atoms with van der Waals surface area (Å²) in [5.74, 6) is -0.198. The molecule has 0 aliphatic rings. The van der Waals surface area contributed by atoms with Gasteiger partial charge >= 0.3 is 0 Å². The number of carbonyl (C=O) groups is 1. The van der Waals surface area contributed by atoms with Crippen LogP contribution in [0.4, 0.5) is 5.13 Å². The van der Waals surface area contributed by atoms with Gasteiger partial charge in [0.05, 0.1) is 23.7 Å². The fourth-order valence-corrected chi connectivity index (χ4v) is 3.69. The summed E-state index contributed by atoms with van der Waals surface area (Å²) >= 11 is 3.06. The van der Waals surface area contributed by atoms with Gasteiger partial charge in [-0.2, -0.15) is 5.10 Å². The van der Waals surface area contributed by atoms with Crippen molar-refractivity contribution in [3.8, 4) is 0 Å². The van der Waals surface area contributed by atoms with Crippen LogP contribution in [-0.2, 0) is 6.54 Å². The van der Waals surface area contributed by atoms with Gasteiger partial charge in [-0.15, -0.1) is 22.7 Å². The molecular weight excluding hydrogens is 342 g/mol. The third-order valence-electron chi connectivity index (χ3n) is 3.52. The Morgan fingerprint density at radius 3 is 3.00 bits per heavy atom. The normalized spacial score (nSPS) is 11.0. The standard InChI is InChI=1S/C16H13N5OS2/c1-10-7-12(15(22)20-16-17-4-6-24-16)13-8-18-21(14(13)19-10)9-11-3-2-5-23-11/h2-8H,9H2,1H3,(H,17,20,22). The van der Waals surface area contributed by atoms with Crippen LogP contribution in [-0.4, -0.2) is 25.7 Å². The van der Waals surface area contributed by atoms with E-state index in [-0.39, 0.29) is 5.91 Å². The van der Waals surface area contributed by atoms with Crippen LogP contribution < -0.4 is 5.32 Å². The van der Waals surface area contributed by atoms with Gasteiger partial charge in [-0.1, -0.05) is 6.07 Å². The van der Waals surface area contributed by atoms with Crippen molar-refractivity contribution in [2.45, 2.75) is 13.5 Å². The number of pyridine rings is 1. The molecule has 0 fully saturated rings. The number of aromatic nitrogens is 4. The molecular formula is C16H13N5OS2. The van der Waals surface area contributed by atoms with Gasteiger partial charge in [0.15, 0.2) is 10.8 Å². The first-order valence-electron chi connectivity index (χ1n) is 7.27. The molecule has 1 amide bonds.